The van der Waals surface area contributed by atoms with E-state index in [1.165, 1.54) is 12.1 Å². The van der Waals surface area contributed by atoms with Gasteiger partial charge < -0.3 is 15.1 Å². The molecule has 2 aromatic rings. The van der Waals surface area contributed by atoms with Crippen LogP contribution in [-0.2, 0) is 6.42 Å². The minimum absolute atomic E-state index is 0.0530. The normalized spacial score (nSPS) is 22.9. The molecule has 2 aromatic carbocycles. The van der Waals surface area contributed by atoms with Gasteiger partial charge in [0.05, 0.1) is 12.5 Å². The van der Waals surface area contributed by atoms with E-state index in [1.54, 1.807) is 28.0 Å². The summed E-state index contributed by atoms with van der Waals surface area (Å²) in [4.78, 5) is 16.9. The molecule has 8 heteroatoms. The van der Waals surface area contributed by atoms with Crippen molar-refractivity contribution >= 4 is 6.03 Å². The molecule has 0 saturated carbocycles. The van der Waals surface area contributed by atoms with Gasteiger partial charge in [-0.1, -0.05) is 42.5 Å². The van der Waals surface area contributed by atoms with Gasteiger partial charge in [-0.2, -0.15) is 13.2 Å². The van der Waals surface area contributed by atoms with Gasteiger partial charge in [-0.15, -0.1) is 6.58 Å². The number of hydrogen-bond acceptors (Lipinski definition) is 2. The summed E-state index contributed by atoms with van der Waals surface area (Å²) in [5.74, 6) is -0.340. The van der Waals surface area contributed by atoms with Crippen molar-refractivity contribution in [2.45, 2.75) is 31.5 Å². The molecule has 0 aromatic heterocycles. The van der Waals surface area contributed by atoms with Gasteiger partial charge in [-0.05, 0) is 48.2 Å². The number of urea groups is 1. The number of halogens is 4. The van der Waals surface area contributed by atoms with Crippen molar-refractivity contribution in [1.29, 1.82) is 0 Å². The van der Waals surface area contributed by atoms with Crippen LogP contribution in [0.1, 0.15) is 35.6 Å². The van der Waals surface area contributed by atoms with E-state index >= 15 is 0 Å². The molecule has 0 bridgehead atoms. The summed E-state index contributed by atoms with van der Waals surface area (Å²) in [6.45, 7) is 5.61. The molecule has 2 atom stereocenters. The number of amides is 2. The van der Waals surface area contributed by atoms with Crippen LogP contribution >= 0.6 is 0 Å². The Morgan fingerprint density at radius 2 is 1.88 bits per heavy atom. The summed E-state index contributed by atoms with van der Waals surface area (Å²) >= 11 is 0. The molecule has 0 aliphatic carbocycles. The van der Waals surface area contributed by atoms with Crippen molar-refractivity contribution in [2.24, 2.45) is 5.41 Å². The van der Waals surface area contributed by atoms with Crippen LogP contribution < -0.4 is 5.32 Å². The Morgan fingerprint density at radius 1 is 1.15 bits per heavy atom. The lowest BCUT2D eigenvalue weighted by Crippen LogP contribution is -2.49. The summed E-state index contributed by atoms with van der Waals surface area (Å²) in [6, 6.07) is 13.5. The summed E-state index contributed by atoms with van der Waals surface area (Å²) in [5.41, 5.74) is 2.51. The second kappa shape index (κ2) is 9.78. The maximum atomic E-state index is 13.6. The Labute approximate surface area is 197 Å². The van der Waals surface area contributed by atoms with E-state index in [1.807, 2.05) is 24.3 Å². The van der Waals surface area contributed by atoms with Crippen LogP contribution in [0, 0.1) is 11.2 Å². The predicted molar refractivity (Wildman–Crippen MR) is 123 cm³/mol. The van der Waals surface area contributed by atoms with Crippen LogP contribution in [-0.4, -0.2) is 54.7 Å². The second-order valence-corrected chi connectivity index (χ2v) is 9.21. The van der Waals surface area contributed by atoms with E-state index in [4.69, 9.17) is 0 Å². The molecule has 0 unspecified atom stereocenters. The number of hydrogen-bond donors (Lipinski definition) is 1. The van der Waals surface area contributed by atoms with Crippen molar-refractivity contribution < 1.29 is 22.4 Å². The average Bonchev–Trinajstić information content (AvgIpc) is 3.25. The monoisotopic (exact) mass is 475 g/mol. The highest BCUT2D eigenvalue weighted by Crippen LogP contribution is 2.36. The second-order valence-electron chi connectivity index (χ2n) is 9.21. The molecule has 2 aliphatic heterocycles. The van der Waals surface area contributed by atoms with Gasteiger partial charge in [-0.25, -0.2) is 9.18 Å². The quantitative estimate of drug-likeness (QED) is 0.454. The third-order valence-corrected chi connectivity index (χ3v) is 6.93. The van der Waals surface area contributed by atoms with E-state index in [2.05, 4.69) is 11.9 Å². The lowest BCUT2D eigenvalue weighted by molar-refractivity contribution is -0.137. The number of rotatable bonds is 6. The van der Waals surface area contributed by atoms with Gasteiger partial charge in [0.25, 0.3) is 0 Å². The maximum Gasteiger partial charge on any atom is 0.390 e. The van der Waals surface area contributed by atoms with Gasteiger partial charge in [0.1, 0.15) is 5.82 Å². The predicted octanol–water partition coefficient (Wildman–Crippen LogP) is 5.31. The summed E-state index contributed by atoms with van der Waals surface area (Å²) < 4.78 is 51.4. The Kier molecular flexibility index (Phi) is 6.98. The Hall–Kier alpha value is -2.87. The minimum atomic E-state index is -4.19. The molecule has 2 amide bonds. The van der Waals surface area contributed by atoms with Crippen molar-refractivity contribution in [1.82, 2.24) is 15.1 Å². The number of carbonyl (C=O) groups is 1. The van der Waals surface area contributed by atoms with Crippen LogP contribution in [0.25, 0.3) is 0 Å². The Morgan fingerprint density at radius 3 is 2.59 bits per heavy atom. The first kappa shape index (κ1) is 24.3. The minimum Gasteiger partial charge on any atom is -0.337 e. The molecule has 1 fully saturated rings. The first-order chi connectivity index (χ1) is 16.2. The number of benzene rings is 2. The number of alkyl halides is 3. The number of nitrogens with zero attached hydrogens (tertiary/aromatic N) is 2. The van der Waals surface area contributed by atoms with E-state index in [0.717, 1.165) is 16.7 Å². The van der Waals surface area contributed by atoms with Crippen LogP contribution in [0.4, 0.5) is 22.4 Å². The van der Waals surface area contributed by atoms with E-state index < -0.39 is 18.0 Å². The molecule has 1 saturated heterocycles. The van der Waals surface area contributed by atoms with Crippen LogP contribution in [0.5, 0.6) is 0 Å². The fourth-order valence-corrected chi connectivity index (χ4v) is 4.99. The van der Waals surface area contributed by atoms with E-state index in [0.29, 0.717) is 39.0 Å². The first-order valence-electron chi connectivity index (χ1n) is 11.5. The van der Waals surface area contributed by atoms with Gasteiger partial charge in [0.2, 0.25) is 0 Å². The zero-order chi connectivity index (χ0) is 24.3. The van der Waals surface area contributed by atoms with Gasteiger partial charge in [0, 0.05) is 31.6 Å². The summed E-state index contributed by atoms with van der Waals surface area (Å²) in [6.07, 6.45) is -1.94. The molecule has 4 rings (SSSR count). The third-order valence-electron chi connectivity index (χ3n) is 6.93. The molecular weight excluding hydrogens is 446 g/mol. The van der Waals surface area contributed by atoms with E-state index in [-0.39, 0.29) is 24.4 Å². The maximum absolute atomic E-state index is 13.6. The van der Waals surface area contributed by atoms with Crippen molar-refractivity contribution in [2.75, 3.05) is 32.7 Å². The number of likely N-dealkylation sites (tertiary alicyclic amines) is 1. The highest BCUT2D eigenvalue weighted by Gasteiger charge is 2.39. The summed E-state index contributed by atoms with van der Waals surface area (Å²) in [7, 11) is 0. The molecule has 1 N–H and O–H groups in total. The number of fused-ring (bicyclic) bond motifs is 1. The van der Waals surface area contributed by atoms with Gasteiger partial charge in [0.15, 0.2) is 0 Å². The van der Waals surface area contributed by atoms with Gasteiger partial charge in [-0.3, -0.25) is 0 Å². The third kappa shape index (κ3) is 5.43. The van der Waals surface area contributed by atoms with Crippen molar-refractivity contribution in [3.8, 4) is 0 Å². The number of carbonyl (C=O) groups excluding carboxylic acids is 1. The Bertz CT molecular complexity index is 1020. The molecule has 34 heavy (non-hydrogen) atoms. The van der Waals surface area contributed by atoms with Crippen LogP contribution in [0.3, 0.4) is 0 Å². The van der Waals surface area contributed by atoms with Crippen molar-refractivity contribution in [3.05, 3.63) is 83.7 Å². The Balaban J connectivity index is 1.47. The van der Waals surface area contributed by atoms with Gasteiger partial charge >= 0.3 is 12.2 Å². The highest BCUT2D eigenvalue weighted by atomic mass is 19.4. The standard InChI is InChI=1S/C26H29F4N3O/c1-2-25(12-15-32(18-25)16-13-26(28,29)30)17-31-24(34)33-14-11-19-5-3-4-6-22(19)23(33)20-7-9-21(27)10-8-20/h2-10,23H,1,11-18H2,(H,31,34)/t23-,25-/m0/s1. The molecule has 4 nitrogen and oxygen atoms in total. The van der Waals surface area contributed by atoms with Crippen molar-refractivity contribution in [3.63, 3.8) is 0 Å². The highest BCUT2D eigenvalue weighted by molar-refractivity contribution is 5.76. The molecule has 0 spiro atoms. The van der Waals surface area contributed by atoms with E-state index in [9.17, 15) is 22.4 Å². The zero-order valence-corrected chi connectivity index (χ0v) is 19.0. The topological polar surface area (TPSA) is 35.6 Å². The summed E-state index contributed by atoms with van der Waals surface area (Å²) in [5, 5.41) is 3.01. The molecular formula is C26H29F4N3O. The smallest absolute Gasteiger partial charge is 0.337 e. The molecule has 182 valence electrons. The first-order valence-corrected chi connectivity index (χ1v) is 11.5. The molecule has 2 aliphatic rings. The van der Waals surface area contributed by atoms with Crippen LogP contribution in [0.2, 0.25) is 0 Å². The largest absolute Gasteiger partial charge is 0.390 e. The fourth-order valence-electron chi connectivity index (χ4n) is 4.99. The van der Waals surface area contributed by atoms with Crippen LogP contribution in [0.15, 0.2) is 61.2 Å². The fraction of sp³-hybridized carbons (Fsp3) is 0.423. The SMILES string of the molecule is C=C[C@@]1(CNC(=O)N2CCc3ccccc3[C@@H]2c2ccc(F)cc2)CCN(CCC(F)(F)F)C1. The number of nitrogens with one attached hydrogen (secondary N) is 1. The molecule has 0 radical (unpaired) electrons. The average molecular weight is 476 g/mol. The lowest BCUT2D eigenvalue weighted by Gasteiger charge is -2.38. The molecule has 2 heterocycles. The zero-order valence-electron chi connectivity index (χ0n) is 19.0. The lowest BCUT2D eigenvalue weighted by atomic mass is 9.87.